The number of rotatable bonds is 2. The van der Waals surface area contributed by atoms with Gasteiger partial charge in [0.2, 0.25) is 0 Å². The highest BCUT2D eigenvalue weighted by atomic mass is 16.5. The van der Waals surface area contributed by atoms with Crippen molar-refractivity contribution in [1.82, 2.24) is 4.90 Å². The number of hydrogen-bond donors (Lipinski definition) is 1. The molecule has 4 bridgehead atoms. The van der Waals surface area contributed by atoms with Crippen LogP contribution in [-0.4, -0.2) is 72.7 Å². The second-order valence-electron chi connectivity index (χ2n) is 11.0. The summed E-state index contributed by atoms with van der Waals surface area (Å²) in [7, 11) is 0. The summed E-state index contributed by atoms with van der Waals surface area (Å²) in [4.78, 5) is 29.6. The number of Topliss-reactive ketones (excluding diaryl/α,β-unsaturated/α-hetero) is 2. The largest absolute Gasteiger partial charge is 0.392 e. The van der Waals surface area contributed by atoms with Crippen LogP contribution < -0.4 is 0 Å². The van der Waals surface area contributed by atoms with Gasteiger partial charge in [-0.1, -0.05) is 18.6 Å². The predicted molar refractivity (Wildman–Crippen MR) is 102 cm³/mol. The molecule has 156 valence electrons. The van der Waals surface area contributed by atoms with Crippen LogP contribution in [0.1, 0.15) is 32.6 Å². The summed E-state index contributed by atoms with van der Waals surface area (Å²) >= 11 is 0. The summed E-state index contributed by atoms with van der Waals surface area (Å²) in [5.74, 6) is 0.265. The maximum atomic E-state index is 13.8. The monoisotopic (exact) mass is 399 g/mol. The number of ether oxygens (including phenoxy) is 2. The Balaban J connectivity index is 1.30. The van der Waals surface area contributed by atoms with Gasteiger partial charge >= 0.3 is 0 Å². The van der Waals surface area contributed by atoms with E-state index >= 15 is 0 Å². The van der Waals surface area contributed by atoms with Crippen molar-refractivity contribution in [1.29, 1.82) is 0 Å². The number of aliphatic hydroxyl groups excluding tert-OH is 1. The van der Waals surface area contributed by atoms with Gasteiger partial charge in [-0.25, -0.2) is 0 Å². The zero-order valence-corrected chi connectivity index (χ0v) is 17.0. The van der Waals surface area contributed by atoms with Crippen LogP contribution in [0.15, 0.2) is 11.6 Å². The molecular formula is C23H29NO5. The molecule has 3 heterocycles. The molecule has 6 heteroatoms. The quantitative estimate of drug-likeness (QED) is 0.698. The van der Waals surface area contributed by atoms with Gasteiger partial charge in [0, 0.05) is 31.5 Å². The molecule has 4 saturated carbocycles. The van der Waals surface area contributed by atoms with Crippen molar-refractivity contribution < 1.29 is 24.2 Å². The van der Waals surface area contributed by atoms with Crippen LogP contribution in [0.3, 0.4) is 0 Å². The van der Waals surface area contributed by atoms with Crippen molar-refractivity contribution in [3.05, 3.63) is 11.6 Å². The predicted octanol–water partition coefficient (Wildman–Crippen LogP) is 0.969. The van der Waals surface area contributed by atoms with E-state index in [1.54, 1.807) is 0 Å². The Morgan fingerprint density at radius 3 is 2.76 bits per heavy atom. The van der Waals surface area contributed by atoms with Gasteiger partial charge in [-0.15, -0.1) is 0 Å². The summed E-state index contributed by atoms with van der Waals surface area (Å²) < 4.78 is 11.7. The summed E-state index contributed by atoms with van der Waals surface area (Å²) in [6, 6.07) is 0. The minimum Gasteiger partial charge on any atom is -0.392 e. The third kappa shape index (κ3) is 1.64. The van der Waals surface area contributed by atoms with Gasteiger partial charge in [0.15, 0.2) is 11.6 Å². The minimum atomic E-state index is -0.756. The van der Waals surface area contributed by atoms with Crippen molar-refractivity contribution in [3.63, 3.8) is 0 Å². The number of ketones is 2. The van der Waals surface area contributed by atoms with E-state index in [1.165, 1.54) is 5.57 Å². The van der Waals surface area contributed by atoms with E-state index in [0.29, 0.717) is 39.2 Å². The summed E-state index contributed by atoms with van der Waals surface area (Å²) in [5.41, 5.74) is -0.772. The van der Waals surface area contributed by atoms with Crippen LogP contribution in [0.2, 0.25) is 0 Å². The lowest BCUT2D eigenvalue weighted by Gasteiger charge is -2.69. The first kappa shape index (κ1) is 17.6. The van der Waals surface area contributed by atoms with Gasteiger partial charge in [0.05, 0.1) is 36.8 Å². The van der Waals surface area contributed by atoms with Gasteiger partial charge < -0.3 is 14.6 Å². The molecule has 29 heavy (non-hydrogen) atoms. The summed E-state index contributed by atoms with van der Waals surface area (Å²) in [6.45, 7) is 6.68. The number of fused-ring (bicyclic) bond motifs is 4. The molecule has 0 aromatic carbocycles. The summed E-state index contributed by atoms with van der Waals surface area (Å²) in [5, 5.41) is 11.4. The highest BCUT2D eigenvalue weighted by Crippen LogP contribution is 2.85. The Morgan fingerprint density at radius 1 is 1.24 bits per heavy atom. The molecule has 3 spiro atoms. The number of allylic oxidation sites excluding steroid dienone is 1. The Labute approximate surface area is 170 Å². The topological polar surface area (TPSA) is 76.1 Å². The fourth-order valence-electron chi connectivity index (χ4n) is 8.75. The SMILES string of the molecule is C[C@]12CC[C@@]3(OC1)C(=O)[C@]31C2C[C@@H](O)[C@]23CC(=C[C@H](CN4CCOCC4)C2=O)C13. The number of nitrogens with zero attached hydrogens (tertiary/aromatic N) is 1. The van der Waals surface area contributed by atoms with Gasteiger partial charge in [0.25, 0.3) is 0 Å². The second-order valence-corrected chi connectivity index (χ2v) is 11.0. The minimum absolute atomic E-state index is 0.0583. The van der Waals surface area contributed by atoms with Gasteiger partial charge in [0.1, 0.15) is 5.60 Å². The van der Waals surface area contributed by atoms with E-state index < -0.39 is 22.5 Å². The van der Waals surface area contributed by atoms with Crippen LogP contribution in [0.4, 0.5) is 0 Å². The van der Waals surface area contributed by atoms with Gasteiger partial charge in [-0.2, -0.15) is 0 Å². The zero-order valence-electron chi connectivity index (χ0n) is 17.0. The average Bonchev–Trinajstić information content (AvgIpc) is 3.22. The first-order chi connectivity index (χ1) is 13.9. The van der Waals surface area contributed by atoms with E-state index in [9.17, 15) is 14.7 Å². The van der Waals surface area contributed by atoms with E-state index in [-0.39, 0.29) is 34.7 Å². The van der Waals surface area contributed by atoms with Crippen LogP contribution in [-0.2, 0) is 19.1 Å². The van der Waals surface area contributed by atoms with Crippen LogP contribution in [0.25, 0.3) is 0 Å². The van der Waals surface area contributed by atoms with E-state index in [4.69, 9.17) is 9.47 Å². The molecule has 9 rings (SSSR count). The van der Waals surface area contributed by atoms with Crippen LogP contribution in [0, 0.1) is 34.0 Å². The number of morpholine rings is 1. The normalized spacial score (nSPS) is 57.4. The van der Waals surface area contributed by atoms with Crippen LogP contribution in [0.5, 0.6) is 0 Å². The maximum Gasteiger partial charge on any atom is 0.176 e. The second kappa shape index (κ2) is 5.04. The van der Waals surface area contributed by atoms with Crippen LogP contribution >= 0.6 is 0 Å². The molecule has 3 aliphatic heterocycles. The van der Waals surface area contributed by atoms with Gasteiger partial charge in [-0.3, -0.25) is 14.5 Å². The van der Waals surface area contributed by atoms with E-state index in [2.05, 4.69) is 17.9 Å². The first-order valence-corrected chi connectivity index (χ1v) is 11.3. The smallest absolute Gasteiger partial charge is 0.176 e. The lowest BCUT2D eigenvalue weighted by molar-refractivity contribution is -0.254. The Hall–Kier alpha value is -1.08. The highest BCUT2D eigenvalue weighted by molar-refractivity contribution is 6.15. The lowest BCUT2D eigenvalue weighted by Crippen LogP contribution is -2.72. The molecule has 3 saturated heterocycles. The number of hydrogen-bond acceptors (Lipinski definition) is 6. The molecule has 0 amide bonds. The first-order valence-electron chi connectivity index (χ1n) is 11.3. The van der Waals surface area contributed by atoms with Crippen molar-refractivity contribution in [2.75, 3.05) is 39.5 Å². The third-order valence-corrected chi connectivity index (χ3v) is 10.1. The summed E-state index contributed by atoms with van der Waals surface area (Å²) in [6.07, 6.45) is 4.53. The molecule has 0 aromatic rings. The maximum absolute atomic E-state index is 13.8. The fraction of sp³-hybridized carbons (Fsp3) is 0.826. The fourth-order valence-corrected chi connectivity index (χ4v) is 8.75. The average molecular weight is 399 g/mol. The molecule has 6 aliphatic carbocycles. The third-order valence-electron chi connectivity index (χ3n) is 10.1. The molecule has 7 fully saturated rings. The van der Waals surface area contributed by atoms with Gasteiger partial charge in [-0.05, 0) is 37.0 Å². The number of carbonyl (C=O) groups excluding carboxylic acids is 2. The van der Waals surface area contributed by atoms with Crippen molar-refractivity contribution >= 4 is 11.6 Å². The molecule has 8 atom stereocenters. The zero-order chi connectivity index (χ0) is 19.8. The molecule has 1 N–H and O–H groups in total. The standard InChI is InChI=1S/C23H29NO5/c1-20-2-3-22(29-12-20)19(27)23(22)15(20)9-16(25)21-10-13(17(21)23)8-14(18(21)26)11-24-4-6-28-7-5-24/h8,14-17,25H,2-7,9-12H2,1H3/t14-,15?,16-,17?,20+,21+,22-,23-/m1/s1. The van der Waals surface area contributed by atoms with Crippen molar-refractivity contribution in [3.8, 4) is 0 Å². The molecule has 9 aliphatic rings. The molecule has 6 nitrogen and oxygen atoms in total. The lowest BCUT2D eigenvalue weighted by atomic mass is 9.35. The Morgan fingerprint density at radius 2 is 2.03 bits per heavy atom. The molecule has 0 radical (unpaired) electrons. The van der Waals surface area contributed by atoms with E-state index in [1.807, 2.05) is 0 Å². The Bertz CT molecular complexity index is 866. The molecule has 0 aromatic heterocycles. The molecular weight excluding hydrogens is 370 g/mol. The van der Waals surface area contributed by atoms with Crippen molar-refractivity contribution in [2.45, 2.75) is 44.3 Å². The van der Waals surface area contributed by atoms with Crippen molar-refractivity contribution in [2.24, 2.45) is 34.0 Å². The number of aliphatic hydroxyl groups is 1. The van der Waals surface area contributed by atoms with E-state index in [0.717, 1.165) is 25.9 Å². The number of carbonyl (C=O) groups is 2. The molecule has 2 unspecified atom stereocenters. The Kier molecular flexibility index (Phi) is 3.05. The highest BCUT2D eigenvalue weighted by Gasteiger charge is 2.95.